The number of aliphatic hydroxyl groups excluding tert-OH is 1. The van der Waals surface area contributed by atoms with Crippen LogP contribution in [0.25, 0.3) is 0 Å². The van der Waals surface area contributed by atoms with E-state index in [0.717, 1.165) is 25.8 Å². The van der Waals surface area contributed by atoms with Gasteiger partial charge in [0.05, 0.1) is 12.6 Å². The number of amides is 1. The molecule has 1 atom stereocenters. The maximum absolute atomic E-state index is 12.0. The van der Waals surface area contributed by atoms with Gasteiger partial charge in [0, 0.05) is 31.6 Å². The molecule has 21 heavy (non-hydrogen) atoms. The lowest BCUT2D eigenvalue weighted by Gasteiger charge is -2.31. The first-order valence-corrected chi connectivity index (χ1v) is 7.75. The highest BCUT2D eigenvalue weighted by molar-refractivity contribution is 5.68. The van der Waals surface area contributed by atoms with Crippen LogP contribution in [0.3, 0.4) is 0 Å². The zero-order chi connectivity index (χ0) is 15.5. The second kappa shape index (κ2) is 6.57. The molecule has 2 heterocycles. The van der Waals surface area contributed by atoms with Gasteiger partial charge in [-0.3, -0.25) is 0 Å². The van der Waals surface area contributed by atoms with Gasteiger partial charge in [-0.15, -0.1) is 0 Å². The van der Waals surface area contributed by atoms with Crippen molar-refractivity contribution in [2.45, 2.75) is 51.7 Å². The normalized spacial score (nSPS) is 23.7. The standard InChI is InChI=1S/C16H26N2O3/c1-16(2,3)21-15(20)18-10-5-13(6-11-18)4-8-17-9-7-14(19)12-17/h13-14,19H,5-7,9-12H2,1-3H3/t14-/m0/s1. The Bertz CT molecular complexity index is 425. The summed E-state index contributed by atoms with van der Waals surface area (Å²) in [6.45, 7) is 8.57. The summed E-state index contributed by atoms with van der Waals surface area (Å²) >= 11 is 0. The summed E-state index contributed by atoms with van der Waals surface area (Å²) in [6, 6.07) is 3.15. The van der Waals surface area contributed by atoms with Gasteiger partial charge in [-0.1, -0.05) is 5.92 Å². The van der Waals surface area contributed by atoms with Crippen LogP contribution in [0.5, 0.6) is 0 Å². The molecule has 0 aromatic heterocycles. The molecule has 0 aromatic rings. The van der Waals surface area contributed by atoms with Crippen molar-refractivity contribution in [3.63, 3.8) is 0 Å². The van der Waals surface area contributed by atoms with Gasteiger partial charge in [-0.25, -0.2) is 4.79 Å². The van der Waals surface area contributed by atoms with E-state index in [1.165, 1.54) is 0 Å². The maximum Gasteiger partial charge on any atom is 0.410 e. The molecular weight excluding hydrogens is 268 g/mol. The van der Waals surface area contributed by atoms with Crippen LogP contribution in [0.4, 0.5) is 4.79 Å². The number of carbonyl (C=O) groups excluding carboxylic acids is 1. The highest BCUT2D eigenvalue weighted by Crippen LogP contribution is 2.19. The fourth-order valence-corrected chi connectivity index (χ4v) is 2.56. The molecule has 0 aliphatic carbocycles. The van der Waals surface area contributed by atoms with Gasteiger partial charge >= 0.3 is 6.09 Å². The van der Waals surface area contributed by atoms with Crippen LogP contribution in [-0.4, -0.2) is 58.9 Å². The number of hydrogen-bond donors (Lipinski definition) is 1. The minimum Gasteiger partial charge on any atom is -0.444 e. The molecule has 0 spiro atoms. The third-order valence-corrected chi connectivity index (χ3v) is 3.74. The summed E-state index contributed by atoms with van der Waals surface area (Å²) in [5.74, 6) is 3.61. The summed E-state index contributed by atoms with van der Waals surface area (Å²) in [5.41, 5.74) is -0.440. The summed E-state index contributed by atoms with van der Waals surface area (Å²) in [6.07, 6.45) is 2.14. The van der Waals surface area contributed by atoms with Gasteiger partial charge in [0.25, 0.3) is 0 Å². The van der Waals surface area contributed by atoms with Crippen molar-refractivity contribution < 1.29 is 14.6 Å². The van der Waals surface area contributed by atoms with Crippen LogP contribution < -0.4 is 0 Å². The molecule has 0 radical (unpaired) electrons. The van der Waals surface area contributed by atoms with E-state index < -0.39 is 5.60 Å². The Morgan fingerprint density at radius 2 is 1.86 bits per heavy atom. The van der Waals surface area contributed by atoms with E-state index in [0.29, 0.717) is 25.6 Å². The lowest BCUT2D eigenvalue weighted by atomic mass is 9.98. The van der Waals surface area contributed by atoms with Crippen molar-refractivity contribution in [1.29, 1.82) is 0 Å². The molecular formula is C16H26N2O3. The fraction of sp³-hybridized carbons (Fsp3) is 0.812. The van der Waals surface area contributed by atoms with Gasteiger partial charge in [0.1, 0.15) is 5.60 Å². The predicted molar refractivity (Wildman–Crippen MR) is 80.5 cm³/mol. The Morgan fingerprint density at radius 1 is 1.19 bits per heavy atom. The number of carbonyl (C=O) groups is 1. The molecule has 1 N–H and O–H groups in total. The molecule has 2 saturated heterocycles. The van der Waals surface area contributed by atoms with Crippen molar-refractivity contribution in [3.05, 3.63) is 0 Å². The number of hydrogen-bond acceptors (Lipinski definition) is 4. The third kappa shape index (κ3) is 5.13. The number of likely N-dealkylation sites (tertiary alicyclic amines) is 2. The monoisotopic (exact) mass is 294 g/mol. The van der Waals surface area contributed by atoms with Gasteiger partial charge in [0.15, 0.2) is 0 Å². The molecule has 0 unspecified atom stereocenters. The Labute approximate surface area is 127 Å². The van der Waals surface area contributed by atoms with Crippen molar-refractivity contribution in [3.8, 4) is 12.0 Å². The van der Waals surface area contributed by atoms with Crippen LogP contribution in [-0.2, 0) is 4.74 Å². The van der Waals surface area contributed by atoms with E-state index in [9.17, 15) is 9.90 Å². The molecule has 0 aromatic carbocycles. The van der Waals surface area contributed by atoms with Crippen molar-refractivity contribution in [1.82, 2.24) is 9.80 Å². The molecule has 0 saturated carbocycles. The smallest absolute Gasteiger partial charge is 0.410 e. The van der Waals surface area contributed by atoms with Gasteiger partial charge in [-0.2, -0.15) is 0 Å². The quantitative estimate of drug-likeness (QED) is 0.690. The lowest BCUT2D eigenvalue weighted by Crippen LogP contribution is -2.41. The number of rotatable bonds is 0. The summed E-state index contributed by atoms with van der Waals surface area (Å²) < 4.78 is 5.38. The van der Waals surface area contributed by atoms with E-state index in [2.05, 4.69) is 12.0 Å². The molecule has 2 aliphatic heterocycles. The van der Waals surface area contributed by atoms with E-state index >= 15 is 0 Å². The molecule has 118 valence electrons. The number of nitrogens with zero attached hydrogens (tertiary/aromatic N) is 2. The first kappa shape index (κ1) is 16.0. The largest absolute Gasteiger partial charge is 0.444 e. The number of β-amino-alcohol motifs (C(OH)–C–C–N with tert-alkyl or cyclic N) is 1. The SMILES string of the molecule is CC(C)(C)OC(=O)N1CCC(C#CN2CC[C@H](O)C2)CC1. The molecule has 5 heteroatoms. The van der Waals surface area contributed by atoms with Crippen LogP contribution in [0.1, 0.15) is 40.0 Å². The van der Waals surface area contributed by atoms with Crippen LogP contribution in [0.2, 0.25) is 0 Å². The fourth-order valence-electron chi connectivity index (χ4n) is 2.56. The van der Waals surface area contributed by atoms with Gasteiger partial charge in [0.2, 0.25) is 0 Å². The van der Waals surface area contributed by atoms with Crippen LogP contribution in [0.15, 0.2) is 0 Å². The van der Waals surface area contributed by atoms with Gasteiger partial charge < -0.3 is 19.6 Å². The topological polar surface area (TPSA) is 53.0 Å². The molecule has 0 bridgehead atoms. The molecule has 2 rings (SSSR count). The molecule has 2 fully saturated rings. The van der Waals surface area contributed by atoms with Gasteiger partial charge in [-0.05, 0) is 40.0 Å². The second-order valence-corrected chi connectivity index (χ2v) is 6.89. The van der Waals surface area contributed by atoms with Crippen molar-refractivity contribution in [2.24, 2.45) is 5.92 Å². The predicted octanol–water partition coefficient (Wildman–Crippen LogP) is 1.66. The Kier molecular flexibility index (Phi) is 5.00. The highest BCUT2D eigenvalue weighted by atomic mass is 16.6. The molecule has 5 nitrogen and oxygen atoms in total. The van der Waals surface area contributed by atoms with Crippen molar-refractivity contribution in [2.75, 3.05) is 26.2 Å². The second-order valence-electron chi connectivity index (χ2n) is 6.89. The highest BCUT2D eigenvalue weighted by Gasteiger charge is 2.26. The van der Waals surface area contributed by atoms with E-state index in [-0.39, 0.29) is 12.2 Å². The molecule has 1 amide bonds. The zero-order valence-electron chi connectivity index (χ0n) is 13.3. The Hall–Kier alpha value is -1.41. The molecule has 2 aliphatic rings. The average molecular weight is 294 g/mol. The third-order valence-electron chi connectivity index (χ3n) is 3.74. The minimum absolute atomic E-state index is 0.225. The average Bonchev–Trinajstić information content (AvgIpc) is 2.81. The lowest BCUT2D eigenvalue weighted by molar-refractivity contribution is 0.0199. The maximum atomic E-state index is 12.0. The number of piperidine rings is 1. The van der Waals surface area contributed by atoms with E-state index in [4.69, 9.17) is 4.74 Å². The van der Waals surface area contributed by atoms with E-state index in [1.54, 1.807) is 4.90 Å². The van der Waals surface area contributed by atoms with Crippen molar-refractivity contribution >= 4 is 6.09 Å². The van der Waals surface area contributed by atoms with Crippen LogP contribution >= 0.6 is 0 Å². The summed E-state index contributed by atoms with van der Waals surface area (Å²) in [7, 11) is 0. The Morgan fingerprint density at radius 3 is 2.38 bits per heavy atom. The zero-order valence-corrected chi connectivity index (χ0v) is 13.3. The van der Waals surface area contributed by atoms with E-state index in [1.807, 2.05) is 25.7 Å². The summed E-state index contributed by atoms with van der Waals surface area (Å²) in [4.78, 5) is 15.7. The Balaban J connectivity index is 1.76. The number of aliphatic hydroxyl groups is 1. The van der Waals surface area contributed by atoms with Crippen LogP contribution in [0, 0.1) is 17.9 Å². The first-order chi connectivity index (χ1) is 9.83. The number of ether oxygens (including phenoxy) is 1. The summed E-state index contributed by atoms with van der Waals surface area (Å²) in [5, 5.41) is 9.46. The first-order valence-electron chi connectivity index (χ1n) is 7.75. The minimum atomic E-state index is -0.440.